The Morgan fingerprint density at radius 1 is 1.09 bits per heavy atom. The molecule has 1 unspecified atom stereocenters. The lowest BCUT2D eigenvalue weighted by Crippen LogP contribution is -2.43. The third kappa shape index (κ3) is 5.69. The van der Waals surface area contributed by atoms with Crippen LogP contribution in [0.4, 0.5) is 5.69 Å². The van der Waals surface area contributed by atoms with Crippen molar-refractivity contribution in [2.75, 3.05) is 18.4 Å². The fourth-order valence-corrected chi connectivity index (χ4v) is 4.55. The number of ether oxygens (including phenoxy) is 1. The molecule has 176 valence electrons. The SMILES string of the molecule is Cc1cc(C)cc(C(=O)N2CCCC(C(=O)Nc3ccccc3Oc3ncc(Cl)cc3Cl)C2)c1. The number of piperidine rings is 1. The average molecular weight is 498 g/mol. The molecule has 3 aromatic rings. The molecular weight excluding hydrogens is 473 g/mol. The van der Waals surface area contributed by atoms with Crippen LogP contribution < -0.4 is 10.1 Å². The van der Waals surface area contributed by atoms with E-state index in [1.165, 1.54) is 12.3 Å². The van der Waals surface area contributed by atoms with E-state index in [0.29, 0.717) is 41.5 Å². The summed E-state index contributed by atoms with van der Waals surface area (Å²) >= 11 is 12.1. The number of rotatable bonds is 5. The van der Waals surface area contributed by atoms with Crippen molar-refractivity contribution < 1.29 is 14.3 Å². The van der Waals surface area contributed by atoms with Gasteiger partial charge in [-0.15, -0.1) is 0 Å². The summed E-state index contributed by atoms with van der Waals surface area (Å²) in [6.45, 7) is 4.95. The van der Waals surface area contributed by atoms with E-state index in [4.69, 9.17) is 27.9 Å². The second kappa shape index (κ2) is 10.5. The smallest absolute Gasteiger partial charge is 0.253 e. The fourth-order valence-electron chi connectivity index (χ4n) is 4.13. The number of carbonyl (C=O) groups is 2. The minimum atomic E-state index is -0.325. The molecular formula is C26H25Cl2N3O3. The van der Waals surface area contributed by atoms with Crippen LogP contribution in [0.1, 0.15) is 34.3 Å². The monoisotopic (exact) mass is 497 g/mol. The first-order valence-electron chi connectivity index (χ1n) is 11.1. The van der Waals surface area contributed by atoms with Crippen LogP contribution in [0.3, 0.4) is 0 Å². The number of anilines is 1. The van der Waals surface area contributed by atoms with Crippen LogP contribution in [0.2, 0.25) is 10.0 Å². The number of hydrogen-bond donors (Lipinski definition) is 1. The van der Waals surface area contributed by atoms with Crippen molar-refractivity contribution >= 4 is 40.7 Å². The van der Waals surface area contributed by atoms with Crippen molar-refractivity contribution in [2.45, 2.75) is 26.7 Å². The van der Waals surface area contributed by atoms with Crippen LogP contribution in [-0.4, -0.2) is 34.8 Å². The number of pyridine rings is 1. The van der Waals surface area contributed by atoms with E-state index in [2.05, 4.69) is 10.3 Å². The van der Waals surface area contributed by atoms with Crippen molar-refractivity contribution in [3.05, 3.63) is 81.5 Å². The summed E-state index contributed by atoms with van der Waals surface area (Å²) in [6.07, 6.45) is 2.90. The largest absolute Gasteiger partial charge is 0.435 e. The zero-order valence-corrected chi connectivity index (χ0v) is 20.5. The number of hydrogen-bond acceptors (Lipinski definition) is 4. The lowest BCUT2D eigenvalue weighted by Gasteiger charge is -2.32. The third-order valence-corrected chi connectivity index (χ3v) is 6.15. The first-order valence-corrected chi connectivity index (χ1v) is 11.8. The number of aromatic nitrogens is 1. The van der Waals surface area contributed by atoms with Crippen LogP contribution in [0.5, 0.6) is 11.6 Å². The van der Waals surface area contributed by atoms with E-state index in [-0.39, 0.29) is 28.6 Å². The van der Waals surface area contributed by atoms with Crippen molar-refractivity contribution in [1.29, 1.82) is 0 Å². The number of nitrogens with one attached hydrogen (secondary N) is 1. The summed E-state index contributed by atoms with van der Waals surface area (Å²) in [4.78, 5) is 32.1. The number of halogens is 2. The number of carbonyl (C=O) groups excluding carboxylic acids is 2. The molecule has 1 fully saturated rings. The Labute approximate surface area is 208 Å². The Kier molecular flexibility index (Phi) is 7.39. The highest BCUT2D eigenvalue weighted by Crippen LogP contribution is 2.33. The van der Waals surface area contributed by atoms with Gasteiger partial charge in [0.2, 0.25) is 11.8 Å². The summed E-state index contributed by atoms with van der Waals surface area (Å²) in [7, 11) is 0. The number of aryl methyl sites for hydroxylation is 2. The molecule has 8 heteroatoms. The molecule has 1 aliphatic rings. The molecule has 1 aliphatic heterocycles. The molecule has 0 bridgehead atoms. The quantitative estimate of drug-likeness (QED) is 0.449. The van der Waals surface area contributed by atoms with Gasteiger partial charge >= 0.3 is 0 Å². The summed E-state index contributed by atoms with van der Waals surface area (Å²) < 4.78 is 5.84. The van der Waals surface area contributed by atoms with Crippen LogP contribution in [0, 0.1) is 19.8 Å². The van der Waals surface area contributed by atoms with Gasteiger partial charge in [-0.2, -0.15) is 0 Å². The molecule has 6 nitrogen and oxygen atoms in total. The standard InChI is InChI=1S/C26H25Cl2N3O3/c1-16-10-17(2)12-19(11-16)26(33)31-9-5-6-18(15-31)24(32)30-22-7-3-4-8-23(22)34-25-21(28)13-20(27)14-29-25/h3-4,7-8,10-14,18H,5-6,9,15H2,1-2H3,(H,30,32). The van der Waals surface area contributed by atoms with E-state index < -0.39 is 0 Å². The Balaban J connectivity index is 1.46. The number of benzene rings is 2. The van der Waals surface area contributed by atoms with E-state index in [1.807, 2.05) is 32.0 Å². The lowest BCUT2D eigenvalue weighted by atomic mass is 9.96. The van der Waals surface area contributed by atoms with Crippen LogP contribution in [-0.2, 0) is 4.79 Å². The van der Waals surface area contributed by atoms with Crippen molar-refractivity contribution in [3.8, 4) is 11.6 Å². The highest BCUT2D eigenvalue weighted by molar-refractivity contribution is 6.35. The molecule has 0 aliphatic carbocycles. The molecule has 34 heavy (non-hydrogen) atoms. The van der Waals surface area contributed by atoms with Crippen molar-refractivity contribution in [2.24, 2.45) is 5.92 Å². The maximum absolute atomic E-state index is 13.1. The van der Waals surface area contributed by atoms with Gasteiger partial charge < -0.3 is 15.0 Å². The zero-order chi connectivity index (χ0) is 24.2. The van der Waals surface area contributed by atoms with Gasteiger partial charge in [0.15, 0.2) is 5.75 Å². The number of nitrogens with zero attached hydrogens (tertiary/aromatic N) is 2. The fraction of sp³-hybridized carbons (Fsp3) is 0.269. The van der Waals surface area contributed by atoms with Gasteiger partial charge in [-0.1, -0.05) is 52.5 Å². The van der Waals surface area contributed by atoms with Crippen LogP contribution in [0.15, 0.2) is 54.7 Å². The predicted octanol–water partition coefficient (Wildman–Crippen LogP) is 6.29. The number of para-hydroxylation sites is 2. The van der Waals surface area contributed by atoms with E-state index >= 15 is 0 Å². The Bertz CT molecular complexity index is 1210. The van der Waals surface area contributed by atoms with Gasteiger partial charge in [0.1, 0.15) is 5.02 Å². The lowest BCUT2D eigenvalue weighted by molar-refractivity contribution is -0.121. The Morgan fingerprint density at radius 2 is 1.82 bits per heavy atom. The molecule has 2 amide bonds. The van der Waals surface area contributed by atoms with Crippen LogP contribution in [0.25, 0.3) is 0 Å². The highest BCUT2D eigenvalue weighted by atomic mass is 35.5. The number of likely N-dealkylation sites (tertiary alicyclic amines) is 1. The molecule has 0 radical (unpaired) electrons. The average Bonchev–Trinajstić information content (AvgIpc) is 2.81. The first kappa shape index (κ1) is 24.0. The minimum Gasteiger partial charge on any atom is -0.435 e. The minimum absolute atomic E-state index is 0.0449. The van der Waals surface area contributed by atoms with Gasteiger partial charge in [0, 0.05) is 24.8 Å². The molecule has 0 saturated carbocycles. The van der Waals surface area contributed by atoms with E-state index in [9.17, 15) is 9.59 Å². The van der Waals surface area contributed by atoms with Crippen LogP contribution >= 0.6 is 23.2 Å². The third-order valence-electron chi connectivity index (χ3n) is 5.67. The maximum Gasteiger partial charge on any atom is 0.253 e. The molecule has 1 N–H and O–H groups in total. The molecule has 4 rings (SSSR count). The molecule has 2 aromatic carbocycles. The molecule has 2 heterocycles. The summed E-state index contributed by atoms with van der Waals surface area (Å²) in [6, 6.07) is 14.4. The van der Waals surface area contributed by atoms with E-state index in [1.54, 1.807) is 29.2 Å². The first-order chi connectivity index (χ1) is 16.3. The maximum atomic E-state index is 13.1. The summed E-state index contributed by atoms with van der Waals surface area (Å²) in [5, 5.41) is 3.61. The topological polar surface area (TPSA) is 71.5 Å². The van der Waals surface area contributed by atoms with Gasteiger partial charge in [0.25, 0.3) is 5.91 Å². The highest BCUT2D eigenvalue weighted by Gasteiger charge is 2.29. The molecule has 1 aromatic heterocycles. The molecule has 1 atom stereocenters. The van der Waals surface area contributed by atoms with Gasteiger partial charge in [0.05, 0.1) is 16.6 Å². The van der Waals surface area contributed by atoms with Crippen molar-refractivity contribution in [1.82, 2.24) is 9.88 Å². The molecule has 0 spiro atoms. The Morgan fingerprint density at radius 3 is 2.56 bits per heavy atom. The Hall–Kier alpha value is -3.09. The molecule has 1 saturated heterocycles. The zero-order valence-electron chi connectivity index (χ0n) is 19.0. The second-order valence-electron chi connectivity index (χ2n) is 8.49. The summed E-state index contributed by atoms with van der Waals surface area (Å²) in [5.74, 6) is 0.0664. The predicted molar refractivity (Wildman–Crippen MR) is 134 cm³/mol. The second-order valence-corrected chi connectivity index (χ2v) is 9.34. The van der Waals surface area contributed by atoms with Crippen molar-refractivity contribution in [3.63, 3.8) is 0 Å². The van der Waals surface area contributed by atoms with Gasteiger partial charge in [-0.25, -0.2) is 4.98 Å². The van der Waals surface area contributed by atoms with E-state index in [0.717, 1.165) is 17.5 Å². The van der Waals surface area contributed by atoms with Gasteiger partial charge in [-0.3, -0.25) is 9.59 Å². The van der Waals surface area contributed by atoms with Gasteiger partial charge in [-0.05, 0) is 57.0 Å². The normalized spacial score (nSPS) is 15.6. The summed E-state index contributed by atoms with van der Waals surface area (Å²) in [5.41, 5.74) is 3.24. The number of amides is 2.